The van der Waals surface area contributed by atoms with Crippen LogP contribution in [0.3, 0.4) is 0 Å². The van der Waals surface area contributed by atoms with Crippen LogP contribution in [0.2, 0.25) is 0 Å². The third-order valence-corrected chi connectivity index (χ3v) is 1.96. The number of amides is 1. The minimum absolute atomic E-state index is 0.0683. The van der Waals surface area contributed by atoms with E-state index in [2.05, 4.69) is 20.7 Å². The molecule has 1 rings (SSSR count). The monoisotopic (exact) mass is 224 g/mol. The van der Waals surface area contributed by atoms with Crippen molar-refractivity contribution in [3.8, 4) is 0 Å². The number of hydrazine groups is 1. The molecular formula is C9H16N6O. The molecule has 0 unspecified atom stereocenters. The SMILES string of the molecule is CN(C)C(=O)CCNc1cc(NN)ncn1. The minimum atomic E-state index is 0.0683. The van der Waals surface area contributed by atoms with Crippen molar-refractivity contribution in [2.75, 3.05) is 31.4 Å². The first-order valence-electron chi connectivity index (χ1n) is 4.86. The average molecular weight is 224 g/mol. The Morgan fingerprint density at radius 1 is 1.44 bits per heavy atom. The molecule has 4 N–H and O–H groups in total. The molecule has 0 atom stereocenters. The van der Waals surface area contributed by atoms with E-state index in [0.29, 0.717) is 24.6 Å². The van der Waals surface area contributed by atoms with E-state index in [1.807, 2.05) is 0 Å². The summed E-state index contributed by atoms with van der Waals surface area (Å²) >= 11 is 0. The molecule has 16 heavy (non-hydrogen) atoms. The van der Waals surface area contributed by atoms with Crippen LogP contribution in [-0.2, 0) is 4.79 Å². The standard InChI is InChI=1S/C9H16N6O/c1-15(2)9(16)3-4-11-7-5-8(14-10)13-6-12-7/h5-6H,3-4,10H2,1-2H3,(H2,11,12,13,14). The van der Waals surface area contributed by atoms with Crippen molar-refractivity contribution < 1.29 is 4.79 Å². The third-order valence-electron chi connectivity index (χ3n) is 1.96. The lowest BCUT2D eigenvalue weighted by molar-refractivity contribution is -0.128. The summed E-state index contributed by atoms with van der Waals surface area (Å²) < 4.78 is 0. The fourth-order valence-electron chi connectivity index (χ4n) is 1.05. The maximum absolute atomic E-state index is 11.3. The van der Waals surface area contributed by atoms with Gasteiger partial charge in [0.05, 0.1) is 0 Å². The number of nitrogens with zero attached hydrogens (tertiary/aromatic N) is 3. The van der Waals surface area contributed by atoms with Crippen LogP contribution >= 0.6 is 0 Å². The molecule has 0 radical (unpaired) electrons. The number of hydrogen-bond donors (Lipinski definition) is 3. The largest absolute Gasteiger partial charge is 0.369 e. The topological polar surface area (TPSA) is 96.2 Å². The second-order valence-electron chi connectivity index (χ2n) is 3.40. The number of rotatable bonds is 5. The van der Waals surface area contributed by atoms with E-state index in [-0.39, 0.29) is 5.91 Å². The molecule has 0 aliphatic carbocycles. The highest BCUT2D eigenvalue weighted by Crippen LogP contribution is 2.06. The molecule has 1 amide bonds. The van der Waals surface area contributed by atoms with Crippen LogP contribution in [0.15, 0.2) is 12.4 Å². The summed E-state index contributed by atoms with van der Waals surface area (Å²) in [6.45, 7) is 0.526. The molecule has 0 saturated heterocycles. The van der Waals surface area contributed by atoms with E-state index >= 15 is 0 Å². The summed E-state index contributed by atoms with van der Waals surface area (Å²) in [5.41, 5.74) is 2.42. The summed E-state index contributed by atoms with van der Waals surface area (Å²) in [5, 5.41) is 3.01. The van der Waals surface area contributed by atoms with Gasteiger partial charge in [0.15, 0.2) is 0 Å². The van der Waals surface area contributed by atoms with Crippen LogP contribution in [0, 0.1) is 0 Å². The fraction of sp³-hybridized carbons (Fsp3) is 0.444. The zero-order valence-corrected chi connectivity index (χ0v) is 9.40. The lowest BCUT2D eigenvalue weighted by Crippen LogP contribution is -2.24. The van der Waals surface area contributed by atoms with Crippen molar-refractivity contribution in [2.24, 2.45) is 5.84 Å². The van der Waals surface area contributed by atoms with Crippen LogP contribution in [0.5, 0.6) is 0 Å². The zero-order chi connectivity index (χ0) is 12.0. The molecule has 1 aromatic rings. The van der Waals surface area contributed by atoms with E-state index in [9.17, 15) is 4.79 Å². The van der Waals surface area contributed by atoms with Gasteiger partial charge in [0, 0.05) is 33.1 Å². The maximum Gasteiger partial charge on any atom is 0.223 e. The molecule has 1 heterocycles. The summed E-state index contributed by atoms with van der Waals surface area (Å²) in [5.74, 6) is 6.43. The lowest BCUT2D eigenvalue weighted by atomic mass is 10.4. The Morgan fingerprint density at radius 2 is 2.12 bits per heavy atom. The summed E-state index contributed by atoms with van der Waals surface area (Å²) in [6, 6.07) is 1.67. The van der Waals surface area contributed by atoms with Crippen molar-refractivity contribution in [3.05, 3.63) is 12.4 Å². The molecule has 1 aromatic heterocycles. The Kier molecular flexibility index (Phi) is 4.46. The molecular weight excluding hydrogens is 208 g/mol. The Hall–Kier alpha value is -1.89. The van der Waals surface area contributed by atoms with Crippen molar-refractivity contribution in [2.45, 2.75) is 6.42 Å². The minimum Gasteiger partial charge on any atom is -0.369 e. The van der Waals surface area contributed by atoms with Gasteiger partial charge in [0.2, 0.25) is 5.91 Å². The number of anilines is 2. The van der Waals surface area contributed by atoms with Gasteiger partial charge < -0.3 is 15.6 Å². The molecule has 7 heteroatoms. The number of carbonyl (C=O) groups is 1. The van der Waals surface area contributed by atoms with E-state index in [1.54, 1.807) is 25.1 Å². The van der Waals surface area contributed by atoms with Crippen LogP contribution in [-0.4, -0.2) is 41.4 Å². The van der Waals surface area contributed by atoms with E-state index in [0.717, 1.165) is 0 Å². The van der Waals surface area contributed by atoms with Gasteiger partial charge in [-0.1, -0.05) is 0 Å². The highest BCUT2D eigenvalue weighted by molar-refractivity contribution is 5.76. The first kappa shape index (κ1) is 12.2. The molecule has 0 spiro atoms. The molecule has 88 valence electrons. The van der Waals surface area contributed by atoms with Gasteiger partial charge in [0.1, 0.15) is 18.0 Å². The van der Waals surface area contributed by atoms with Crippen LogP contribution < -0.4 is 16.6 Å². The number of nitrogens with one attached hydrogen (secondary N) is 2. The Bertz CT molecular complexity index is 354. The highest BCUT2D eigenvalue weighted by atomic mass is 16.2. The van der Waals surface area contributed by atoms with Crippen molar-refractivity contribution >= 4 is 17.5 Å². The van der Waals surface area contributed by atoms with E-state index in [4.69, 9.17) is 5.84 Å². The molecule has 0 fully saturated rings. The predicted molar refractivity (Wildman–Crippen MR) is 61.6 cm³/mol. The Labute approximate surface area is 94.0 Å². The van der Waals surface area contributed by atoms with Gasteiger partial charge in [-0.05, 0) is 0 Å². The summed E-state index contributed by atoms with van der Waals surface area (Å²) in [4.78, 5) is 20.7. The molecule has 0 aliphatic rings. The lowest BCUT2D eigenvalue weighted by Gasteiger charge is -2.10. The first-order chi connectivity index (χ1) is 7.63. The zero-order valence-electron chi connectivity index (χ0n) is 9.40. The normalized spacial score (nSPS) is 9.69. The van der Waals surface area contributed by atoms with Crippen molar-refractivity contribution in [1.82, 2.24) is 14.9 Å². The summed E-state index contributed by atoms with van der Waals surface area (Å²) in [6.07, 6.45) is 1.81. The second kappa shape index (κ2) is 5.86. The Morgan fingerprint density at radius 3 is 2.75 bits per heavy atom. The van der Waals surface area contributed by atoms with Gasteiger partial charge in [-0.25, -0.2) is 15.8 Å². The third kappa shape index (κ3) is 3.70. The van der Waals surface area contributed by atoms with Gasteiger partial charge in [0.25, 0.3) is 0 Å². The number of nitrogens with two attached hydrogens (primary N) is 1. The molecule has 0 bridgehead atoms. The fourth-order valence-corrected chi connectivity index (χ4v) is 1.05. The molecule has 0 saturated carbocycles. The van der Waals surface area contributed by atoms with Gasteiger partial charge in [-0.2, -0.15) is 0 Å². The van der Waals surface area contributed by atoms with E-state index < -0.39 is 0 Å². The molecule has 0 aromatic carbocycles. The second-order valence-corrected chi connectivity index (χ2v) is 3.40. The molecule has 7 nitrogen and oxygen atoms in total. The summed E-state index contributed by atoms with van der Waals surface area (Å²) in [7, 11) is 3.45. The number of aromatic nitrogens is 2. The van der Waals surface area contributed by atoms with Crippen LogP contribution in [0.4, 0.5) is 11.6 Å². The van der Waals surface area contributed by atoms with Gasteiger partial charge in [-0.3, -0.25) is 4.79 Å². The first-order valence-corrected chi connectivity index (χ1v) is 4.86. The predicted octanol–water partition coefficient (Wildman–Crippen LogP) is -0.348. The van der Waals surface area contributed by atoms with Crippen molar-refractivity contribution in [1.29, 1.82) is 0 Å². The van der Waals surface area contributed by atoms with Crippen molar-refractivity contribution in [3.63, 3.8) is 0 Å². The quantitative estimate of drug-likeness (QED) is 0.467. The van der Waals surface area contributed by atoms with E-state index in [1.165, 1.54) is 6.33 Å². The number of nitrogen functional groups attached to an aromatic ring is 1. The maximum atomic E-state index is 11.3. The highest BCUT2D eigenvalue weighted by Gasteiger charge is 2.03. The number of carbonyl (C=O) groups excluding carboxylic acids is 1. The molecule has 0 aliphatic heterocycles. The Balaban J connectivity index is 2.40. The smallest absolute Gasteiger partial charge is 0.223 e. The average Bonchev–Trinajstić information content (AvgIpc) is 2.29. The number of hydrogen-bond acceptors (Lipinski definition) is 6. The van der Waals surface area contributed by atoms with Gasteiger partial charge >= 0.3 is 0 Å². The van der Waals surface area contributed by atoms with Gasteiger partial charge in [-0.15, -0.1) is 0 Å². The van der Waals surface area contributed by atoms with Crippen LogP contribution in [0.25, 0.3) is 0 Å². The van der Waals surface area contributed by atoms with Crippen LogP contribution in [0.1, 0.15) is 6.42 Å².